The van der Waals surface area contributed by atoms with Crippen LogP contribution in [0.1, 0.15) is 16.9 Å². The number of hydrogen-bond acceptors (Lipinski definition) is 4. The van der Waals surface area contributed by atoms with Crippen LogP contribution in [-0.2, 0) is 6.42 Å². The molecule has 1 aliphatic rings. The number of aryl methyl sites for hydroxylation is 1. The third-order valence-electron chi connectivity index (χ3n) is 8.72. The average molecular weight is 597 g/mol. The van der Waals surface area contributed by atoms with E-state index >= 15 is 0 Å². The van der Waals surface area contributed by atoms with Crippen molar-refractivity contribution in [3.05, 3.63) is 150 Å². The zero-order valence-corrected chi connectivity index (χ0v) is 25.3. The molecule has 0 fully saturated rings. The Labute approximate surface area is 265 Å². The summed E-state index contributed by atoms with van der Waals surface area (Å²) in [5.74, 6) is 0.635. The molecule has 214 valence electrons. The molecule has 0 unspecified atom stereocenters. The average Bonchev–Trinajstić information content (AvgIpc) is 3.72. The first-order valence-corrected chi connectivity index (χ1v) is 16.2. The summed E-state index contributed by atoms with van der Waals surface area (Å²) in [4.78, 5) is 8.81. The Morgan fingerprint density at radius 2 is 1.42 bits per heavy atom. The van der Waals surface area contributed by atoms with E-state index in [1.54, 1.807) is 0 Å². The molecule has 1 aliphatic carbocycles. The predicted octanol–water partition coefficient (Wildman–Crippen LogP) is 12.0. The van der Waals surface area contributed by atoms with E-state index in [9.17, 15) is 0 Å². The smallest absolute Gasteiger partial charge is 0.227 e. The summed E-state index contributed by atoms with van der Waals surface area (Å²) in [5, 5.41) is 3.56. The van der Waals surface area contributed by atoms with Crippen LogP contribution in [0.3, 0.4) is 0 Å². The summed E-state index contributed by atoms with van der Waals surface area (Å²) >= 11 is 1.94. The van der Waals surface area contributed by atoms with E-state index in [1.165, 1.54) is 31.7 Å². The van der Waals surface area contributed by atoms with Gasteiger partial charge in [-0.15, -0.1) is 11.3 Å². The molecule has 3 nitrogen and oxygen atoms in total. The molecule has 4 heteroatoms. The molecule has 0 aliphatic heterocycles. The van der Waals surface area contributed by atoms with Crippen LogP contribution in [0.4, 0.5) is 17.1 Å². The first-order chi connectivity index (χ1) is 22.3. The standard InChI is InChI=1S/C41H28N2OS/c1-3-11-28(12-4-1)41-42-40-35-26-32(23-21-27(35)22-24-36(40)44-41)43(30-14-5-2-6-15-30)31-16-9-13-29(25-31)33-18-10-20-38-39(33)34-17-7-8-19-37(34)45-38/h1-7,9-18,20-26H,8,19H2. The van der Waals surface area contributed by atoms with Crippen LogP contribution in [0, 0.1) is 0 Å². The van der Waals surface area contributed by atoms with Gasteiger partial charge in [0.25, 0.3) is 0 Å². The fourth-order valence-corrected chi connectivity index (χ4v) is 7.85. The number of allylic oxidation sites excluding steroid dienone is 1. The molecule has 0 saturated heterocycles. The van der Waals surface area contributed by atoms with E-state index in [4.69, 9.17) is 9.40 Å². The van der Waals surface area contributed by atoms with Crippen LogP contribution < -0.4 is 4.90 Å². The van der Waals surface area contributed by atoms with Crippen LogP contribution >= 0.6 is 11.3 Å². The van der Waals surface area contributed by atoms with Crippen LogP contribution in [-0.4, -0.2) is 4.98 Å². The minimum Gasteiger partial charge on any atom is -0.436 e. The van der Waals surface area contributed by atoms with Gasteiger partial charge in [0.05, 0.1) is 0 Å². The predicted molar refractivity (Wildman–Crippen MR) is 190 cm³/mol. The van der Waals surface area contributed by atoms with Crippen molar-refractivity contribution in [3.8, 4) is 22.6 Å². The normalized spacial score (nSPS) is 12.6. The van der Waals surface area contributed by atoms with Crippen molar-refractivity contribution >= 4 is 66.4 Å². The first-order valence-electron chi connectivity index (χ1n) is 15.4. The van der Waals surface area contributed by atoms with E-state index in [0.717, 1.165) is 57.3 Å². The Morgan fingerprint density at radius 1 is 0.667 bits per heavy atom. The molecule has 45 heavy (non-hydrogen) atoms. The Balaban J connectivity index is 1.21. The summed E-state index contributed by atoms with van der Waals surface area (Å²) in [6.45, 7) is 0. The van der Waals surface area contributed by atoms with Crippen molar-refractivity contribution in [2.24, 2.45) is 0 Å². The highest BCUT2D eigenvalue weighted by Crippen LogP contribution is 2.43. The van der Waals surface area contributed by atoms with Gasteiger partial charge in [-0.3, -0.25) is 0 Å². The molecular weight excluding hydrogens is 569 g/mol. The topological polar surface area (TPSA) is 29.3 Å². The van der Waals surface area contributed by atoms with Crippen molar-refractivity contribution in [3.63, 3.8) is 0 Å². The number of thiophene rings is 1. The molecule has 0 spiro atoms. The van der Waals surface area contributed by atoms with Gasteiger partial charge >= 0.3 is 0 Å². The van der Waals surface area contributed by atoms with Crippen molar-refractivity contribution in [1.29, 1.82) is 0 Å². The zero-order valence-electron chi connectivity index (χ0n) is 24.5. The largest absolute Gasteiger partial charge is 0.436 e. The van der Waals surface area contributed by atoms with Crippen LogP contribution in [0.2, 0.25) is 0 Å². The monoisotopic (exact) mass is 596 g/mol. The van der Waals surface area contributed by atoms with Gasteiger partial charge in [-0.1, -0.05) is 84.9 Å². The van der Waals surface area contributed by atoms with Crippen molar-refractivity contribution in [2.45, 2.75) is 12.8 Å². The number of para-hydroxylation sites is 1. The molecule has 0 saturated carbocycles. The highest BCUT2D eigenvalue weighted by molar-refractivity contribution is 7.19. The Kier molecular flexibility index (Phi) is 6.13. The van der Waals surface area contributed by atoms with Gasteiger partial charge in [0.15, 0.2) is 5.58 Å². The summed E-state index contributed by atoms with van der Waals surface area (Å²) in [7, 11) is 0. The lowest BCUT2D eigenvalue weighted by atomic mass is 9.95. The molecule has 2 heterocycles. The first kappa shape index (κ1) is 26.0. The van der Waals surface area contributed by atoms with Gasteiger partial charge in [0.2, 0.25) is 5.89 Å². The molecule has 8 aromatic rings. The second kappa shape index (κ2) is 10.6. The molecule has 6 aromatic carbocycles. The molecule has 0 radical (unpaired) electrons. The fourth-order valence-electron chi connectivity index (χ4n) is 6.62. The van der Waals surface area contributed by atoms with Crippen molar-refractivity contribution in [2.75, 3.05) is 4.90 Å². The summed E-state index contributed by atoms with van der Waals surface area (Å²) in [6.07, 6.45) is 6.88. The third-order valence-corrected chi connectivity index (χ3v) is 9.95. The molecule has 0 atom stereocenters. The summed E-state index contributed by atoms with van der Waals surface area (Å²) < 4.78 is 7.59. The van der Waals surface area contributed by atoms with Crippen LogP contribution in [0.15, 0.2) is 144 Å². The molecule has 2 aromatic heterocycles. The number of nitrogens with zero attached hydrogens (tertiary/aromatic N) is 2. The molecule has 9 rings (SSSR count). The van der Waals surface area contributed by atoms with E-state index in [-0.39, 0.29) is 0 Å². The Bertz CT molecular complexity index is 2380. The highest BCUT2D eigenvalue weighted by Gasteiger charge is 2.19. The van der Waals surface area contributed by atoms with Gasteiger partial charge in [0.1, 0.15) is 5.52 Å². The number of oxazole rings is 1. The Morgan fingerprint density at radius 3 is 2.31 bits per heavy atom. The van der Waals surface area contributed by atoms with E-state index in [1.807, 2.05) is 47.7 Å². The fraction of sp³-hybridized carbons (Fsp3) is 0.0488. The number of benzene rings is 6. The summed E-state index contributed by atoms with van der Waals surface area (Å²) in [6, 6.07) is 47.1. The van der Waals surface area contributed by atoms with E-state index in [0.29, 0.717) is 5.89 Å². The van der Waals surface area contributed by atoms with Gasteiger partial charge in [-0.2, -0.15) is 0 Å². The third kappa shape index (κ3) is 4.45. The van der Waals surface area contributed by atoms with Crippen LogP contribution in [0.25, 0.3) is 60.6 Å². The van der Waals surface area contributed by atoms with Crippen molar-refractivity contribution in [1.82, 2.24) is 4.98 Å². The quantitative estimate of drug-likeness (QED) is 0.198. The maximum Gasteiger partial charge on any atom is 0.227 e. The molecular formula is C41H28N2OS. The van der Waals surface area contributed by atoms with Gasteiger partial charge in [-0.05, 0) is 95.6 Å². The summed E-state index contributed by atoms with van der Waals surface area (Å²) in [5.41, 5.74) is 9.78. The van der Waals surface area contributed by atoms with Crippen LogP contribution in [0.5, 0.6) is 0 Å². The van der Waals surface area contributed by atoms with E-state index < -0.39 is 0 Å². The lowest BCUT2D eigenvalue weighted by Crippen LogP contribution is -2.10. The minimum atomic E-state index is 0.635. The maximum absolute atomic E-state index is 6.24. The number of fused-ring (bicyclic) bond motifs is 6. The molecule has 0 N–H and O–H groups in total. The number of rotatable bonds is 5. The zero-order chi connectivity index (χ0) is 29.7. The second-order valence-corrected chi connectivity index (χ2v) is 12.6. The SMILES string of the molecule is C1=Cc2c(sc3cccc(-c4cccc(N(c5ccccc5)c5ccc6ccc7oc(-c8ccccc8)nc7c6c5)c4)c23)CC1. The van der Waals surface area contributed by atoms with Gasteiger partial charge in [0, 0.05) is 43.0 Å². The van der Waals surface area contributed by atoms with Crippen molar-refractivity contribution < 1.29 is 4.42 Å². The van der Waals surface area contributed by atoms with Gasteiger partial charge in [-0.25, -0.2) is 4.98 Å². The second-order valence-electron chi connectivity index (χ2n) is 11.5. The maximum atomic E-state index is 6.24. The number of anilines is 3. The lowest BCUT2D eigenvalue weighted by Gasteiger charge is -2.26. The number of aromatic nitrogens is 1. The highest BCUT2D eigenvalue weighted by atomic mass is 32.1. The lowest BCUT2D eigenvalue weighted by molar-refractivity contribution is 0.620. The Hall–Kier alpha value is -5.45. The molecule has 0 bridgehead atoms. The molecule has 0 amide bonds. The number of hydrogen-bond donors (Lipinski definition) is 0. The minimum absolute atomic E-state index is 0.635. The van der Waals surface area contributed by atoms with E-state index in [2.05, 4.69) is 114 Å². The van der Waals surface area contributed by atoms with Gasteiger partial charge < -0.3 is 9.32 Å².